The van der Waals surface area contributed by atoms with Crippen LogP contribution in [0, 0.1) is 11.8 Å². The fourth-order valence-corrected chi connectivity index (χ4v) is 2.57. The van der Waals surface area contributed by atoms with Crippen LogP contribution < -0.4 is 0 Å². The van der Waals surface area contributed by atoms with Gasteiger partial charge in [-0.15, -0.1) is 0 Å². The van der Waals surface area contributed by atoms with Crippen molar-refractivity contribution < 1.29 is 4.48 Å². The fraction of sp³-hybridized carbons (Fsp3) is 0.923. The maximum atomic E-state index is 6.25. The Kier molecular flexibility index (Phi) is 13.0. The second-order valence-corrected chi connectivity index (χ2v) is 4.24. The first-order chi connectivity index (χ1) is 7.24. The summed E-state index contributed by atoms with van der Waals surface area (Å²) in [6.07, 6.45) is 5.33. The molecule has 0 N–H and O–H groups in total. The zero-order valence-electron chi connectivity index (χ0n) is 11.1. The highest BCUT2D eigenvalue weighted by atomic mass is 15.3. The molecule has 2 nitrogen and oxygen atoms in total. The van der Waals surface area contributed by atoms with Crippen molar-refractivity contribution in [2.75, 3.05) is 26.2 Å². The molecule has 0 amide bonds. The molecule has 0 unspecified atom stereocenters. The van der Waals surface area contributed by atoms with Gasteiger partial charge in [-0.2, -0.15) is 0 Å². The Labute approximate surface area is 96.5 Å². The molecule has 0 aromatic rings. The lowest BCUT2D eigenvalue weighted by molar-refractivity contribution is -0.928. The Morgan fingerprint density at radius 3 is 1.00 bits per heavy atom. The second-order valence-electron chi connectivity index (χ2n) is 4.24. The summed E-state index contributed by atoms with van der Waals surface area (Å²) in [7, 11) is 0. The highest BCUT2D eigenvalue weighted by molar-refractivity contribution is 4.43. The van der Waals surface area contributed by atoms with Gasteiger partial charge in [0.25, 0.3) is 0 Å². The zero-order chi connectivity index (χ0) is 12.2. The van der Waals surface area contributed by atoms with E-state index >= 15 is 0 Å². The van der Waals surface area contributed by atoms with E-state index in [-0.39, 0.29) is 0 Å². The van der Waals surface area contributed by atoms with Crippen LogP contribution in [0.25, 0.3) is 0 Å². The fourth-order valence-electron chi connectivity index (χ4n) is 2.57. The summed E-state index contributed by atoms with van der Waals surface area (Å²) in [5.41, 5.74) is 0. The summed E-state index contributed by atoms with van der Waals surface area (Å²) in [6.45, 7) is 19.5. The lowest BCUT2D eigenvalue weighted by Crippen LogP contribution is -2.50. The molecule has 0 aliphatic carbocycles. The van der Waals surface area contributed by atoms with E-state index in [4.69, 9.17) is 11.8 Å². The van der Waals surface area contributed by atoms with E-state index in [1.165, 1.54) is 56.3 Å². The van der Waals surface area contributed by atoms with Gasteiger partial charge in [-0.25, -0.2) is 0 Å². The van der Waals surface area contributed by atoms with Gasteiger partial charge >= 0.3 is 0 Å². The molecule has 0 aromatic heterocycles. The first kappa shape index (κ1) is 16.9. The van der Waals surface area contributed by atoms with Gasteiger partial charge in [-0.05, 0) is 25.7 Å². The van der Waals surface area contributed by atoms with Crippen LogP contribution in [0.5, 0.6) is 0 Å². The summed E-state index contributed by atoms with van der Waals surface area (Å²) in [5, 5.41) is 6.25. The van der Waals surface area contributed by atoms with Gasteiger partial charge in [0, 0.05) is 0 Å². The first-order valence-corrected chi connectivity index (χ1v) is 6.32. The molecule has 0 aromatic carbocycles. The number of hydrogen-bond donors (Lipinski definition) is 0. The van der Waals surface area contributed by atoms with E-state index in [2.05, 4.69) is 27.7 Å². The summed E-state index contributed by atoms with van der Waals surface area (Å²) >= 11 is 0. The topological polar surface area (TPSA) is 23.8 Å². The second kappa shape index (κ2) is 11.5. The van der Waals surface area contributed by atoms with Crippen molar-refractivity contribution in [3.63, 3.8) is 0 Å². The van der Waals surface area contributed by atoms with Gasteiger partial charge in [0.15, 0.2) is 0 Å². The van der Waals surface area contributed by atoms with E-state index in [1.807, 2.05) is 0 Å². The summed E-state index contributed by atoms with van der Waals surface area (Å²) in [5.74, 6) is 0. The van der Waals surface area contributed by atoms with Gasteiger partial charge in [0.2, 0.25) is 0 Å². The lowest BCUT2D eigenvalue weighted by atomic mass is 10.2. The largest absolute Gasteiger partial charge is 0.512 e. The van der Waals surface area contributed by atoms with E-state index in [0.717, 1.165) is 0 Å². The average molecular weight is 212 g/mol. The van der Waals surface area contributed by atoms with E-state index in [1.54, 1.807) is 0 Å². The minimum atomic E-state index is 1.33. The molecule has 90 valence electrons. The molecule has 0 atom stereocenters. The minimum Gasteiger partial charge on any atom is -0.512 e. The predicted octanol–water partition coefficient (Wildman–Crippen LogP) is 3.54. The Morgan fingerprint density at radius 2 is 0.867 bits per heavy atom. The molecule has 0 fully saturated rings. The van der Waals surface area contributed by atoms with Crippen LogP contribution in [0.1, 0.15) is 53.4 Å². The van der Waals surface area contributed by atoms with Crippen LogP contribution in [0.4, 0.5) is 0 Å². The van der Waals surface area contributed by atoms with Crippen LogP contribution >= 0.6 is 0 Å². The van der Waals surface area contributed by atoms with Gasteiger partial charge in [-0.3, -0.25) is 0 Å². The first-order valence-electron chi connectivity index (χ1n) is 6.32. The molecule has 0 heterocycles. The van der Waals surface area contributed by atoms with Crippen molar-refractivity contribution in [1.82, 2.24) is 0 Å². The third kappa shape index (κ3) is 7.39. The molecular weight excluding hydrogens is 184 g/mol. The summed E-state index contributed by atoms with van der Waals surface area (Å²) < 4.78 is 1.38. The van der Waals surface area contributed by atoms with E-state index < -0.39 is 0 Å². The van der Waals surface area contributed by atoms with Gasteiger partial charge in [0.1, 0.15) is 0 Å². The number of quaternary nitrogens is 1. The zero-order valence-corrected chi connectivity index (χ0v) is 11.1. The predicted molar refractivity (Wildman–Crippen MR) is 65.9 cm³/mol. The van der Waals surface area contributed by atoms with Crippen LogP contribution in [0.3, 0.4) is 0 Å². The van der Waals surface area contributed by atoms with Crippen molar-refractivity contribution in [3.05, 3.63) is 6.57 Å². The van der Waals surface area contributed by atoms with Crippen LogP contribution in [0.15, 0.2) is 0 Å². The van der Waals surface area contributed by atoms with Crippen LogP contribution in [-0.4, -0.2) is 30.7 Å². The molecule has 0 rings (SSSR count). The Hall–Kier alpha value is -0.550. The molecule has 0 aliphatic rings. The van der Waals surface area contributed by atoms with Gasteiger partial charge < -0.3 is 16.3 Å². The van der Waals surface area contributed by atoms with Crippen LogP contribution in [0.2, 0.25) is 0 Å². The molecular formula is C13H28N2. The number of hydrogen-bond acceptors (Lipinski definition) is 1. The molecule has 0 aliphatic heterocycles. The standard InChI is InChI=1S/C12H28N.CN/c1-5-9-13(10-6-2,11-7-3)12-8-4;1-2/h5-12H2,1-4H3;/q+1;-1. The van der Waals surface area contributed by atoms with Crippen molar-refractivity contribution in [2.45, 2.75) is 53.4 Å². The highest BCUT2D eigenvalue weighted by Gasteiger charge is 2.22. The minimum absolute atomic E-state index is 1.33. The quantitative estimate of drug-likeness (QED) is 0.446. The SMILES string of the molecule is CCC[N+](CCC)(CCC)CCC.[C-]#N. The molecule has 0 bridgehead atoms. The molecule has 0 saturated heterocycles. The van der Waals surface area contributed by atoms with Crippen molar-refractivity contribution in [2.24, 2.45) is 0 Å². The summed E-state index contributed by atoms with van der Waals surface area (Å²) in [4.78, 5) is 0. The maximum absolute atomic E-state index is 6.25. The van der Waals surface area contributed by atoms with Crippen molar-refractivity contribution in [1.29, 1.82) is 5.26 Å². The smallest absolute Gasteiger partial charge is 0.0783 e. The average Bonchev–Trinajstić information content (AvgIpc) is 2.22. The Bertz CT molecular complexity index is 111. The summed E-state index contributed by atoms with van der Waals surface area (Å²) in [6, 6.07) is 0. The normalized spacial score (nSPS) is 10.5. The Balaban J connectivity index is 0. The van der Waals surface area contributed by atoms with Gasteiger partial charge in [0.05, 0.1) is 26.2 Å². The highest BCUT2D eigenvalue weighted by Crippen LogP contribution is 2.12. The molecule has 2 heteroatoms. The molecule has 0 spiro atoms. The van der Waals surface area contributed by atoms with Crippen molar-refractivity contribution >= 4 is 0 Å². The van der Waals surface area contributed by atoms with Crippen molar-refractivity contribution in [3.8, 4) is 0 Å². The Morgan fingerprint density at radius 1 is 0.667 bits per heavy atom. The lowest BCUT2D eigenvalue weighted by Gasteiger charge is -2.38. The maximum Gasteiger partial charge on any atom is 0.0783 e. The molecule has 15 heavy (non-hydrogen) atoms. The third-order valence-electron chi connectivity index (χ3n) is 2.79. The van der Waals surface area contributed by atoms with E-state index in [9.17, 15) is 0 Å². The number of nitrogens with zero attached hydrogens (tertiary/aromatic N) is 2. The molecule has 0 saturated carbocycles. The van der Waals surface area contributed by atoms with Gasteiger partial charge in [-0.1, -0.05) is 27.7 Å². The third-order valence-corrected chi connectivity index (χ3v) is 2.79. The van der Waals surface area contributed by atoms with E-state index in [0.29, 0.717) is 0 Å². The number of rotatable bonds is 8. The monoisotopic (exact) mass is 212 g/mol. The van der Waals surface area contributed by atoms with Crippen LogP contribution in [-0.2, 0) is 0 Å². The molecule has 0 radical (unpaired) electrons.